The highest BCUT2D eigenvalue weighted by Gasteiger charge is 2.19. The van der Waals surface area contributed by atoms with Crippen LogP contribution in [0.1, 0.15) is 20.3 Å². The van der Waals surface area contributed by atoms with Crippen LogP contribution in [0.15, 0.2) is 18.3 Å². The van der Waals surface area contributed by atoms with Crippen molar-refractivity contribution < 1.29 is 9.72 Å². The lowest BCUT2D eigenvalue weighted by Crippen LogP contribution is -2.38. The van der Waals surface area contributed by atoms with Gasteiger partial charge in [0.1, 0.15) is 6.04 Å². The van der Waals surface area contributed by atoms with Crippen molar-refractivity contribution in [3.8, 4) is 0 Å². The highest BCUT2D eigenvalue weighted by molar-refractivity contribution is 5.84. The molecular formula is C11H16N4O3. The average Bonchev–Trinajstić information content (AvgIpc) is 2.36. The SMILES string of the molecule is CCCNC(=O)C(C)Nc1ncccc1[N+](=O)[O-]. The molecule has 0 saturated heterocycles. The molecular weight excluding hydrogens is 236 g/mol. The third-order valence-electron chi connectivity index (χ3n) is 2.28. The Labute approximate surface area is 105 Å². The Morgan fingerprint density at radius 1 is 1.61 bits per heavy atom. The zero-order valence-electron chi connectivity index (χ0n) is 10.3. The lowest BCUT2D eigenvalue weighted by molar-refractivity contribution is -0.384. The van der Waals surface area contributed by atoms with Crippen LogP contribution in [0.25, 0.3) is 0 Å². The van der Waals surface area contributed by atoms with Gasteiger partial charge in [0.2, 0.25) is 11.7 Å². The van der Waals surface area contributed by atoms with Crippen LogP contribution < -0.4 is 10.6 Å². The van der Waals surface area contributed by atoms with Crippen LogP contribution in [0.5, 0.6) is 0 Å². The number of aromatic nitrogens is 1. The van der Waals surface area contributed by atoms with Crippen molar-refractivity contribution in [2.45, 2.75) is 26.3 Å². The van der Waals surface area contributed by atoms with Crippen LogP contribution in [-0.4, -0.2) is 28.4 Å². The number of hydrogen-bond donors (Lipinski definition) is 2. The lowest BCUT2D eigenvalue weighted by Gasteiger charge is -2.13. The minimum absolute atomic E-state index is 0.0987. The second kappa shape index (κ2) is 6.53. The fraction of sp³-hybridized carbons (Fsp3) is 0.455. The minimum Gasteiger partial charge on any atom is -0.354 e. The van der Waals surface area contributed by atoms with Crippen molar-refractivity contribution in [1.82, 2.24) is 10.3 Å². The molecule has 2 N–H and O–H groups in total. The highest BCUT2D eigenvalue weighted by atomic mass is 16.6. The zero-order chi connectivity index (χ0) is 13.5. The van der Waals surface area contributed by atoms with Gasteiger partial charge in [-0.05, 0) is 19.4 Å². The number of hydrogen-bond acceptors (Lipinski definition) is 5. The van der Waals surface area contributed by atoms with E-state index >= 15 is 0 Å². The molecule has 0 radical (unpaired) electrons. The Hall–Kier alpha value is -2.18. The standard InChI is InChI=1S/C11H16N4O3/c1-3-6-13-11(16)8(2)14-10-9(15(17)18)5-4-7-12-10/h4-5,7-8H,3,6H2,1-2H3,(H,12,14)(H,13,16). The summed E-state index contributed by atoms with van der Waals surface area (Å²) in [5.41, 5.74) is -0.146. The molecule has 1 aromatic rings. The molecule has 18 heavy (non-hydrogen) atoms. The van der Waals surface area contributed by atoms with Crippen LogP contribution >= 0.6 is 0 Å². The second-order valence-electron chi connectivity index (χ2n) is 3.79. The molecule has 1 amide bonds. The molecule has 0 saturated carbocycles. The van der Waals surface area contributed by atoms with E-state index in [0.29, 0.717) is 6.54 Å². The van der Waals surface area contributed by atoms with E-state index in [9.17, 15) is 14.9 Å². The molecule has 1 heterocycles. The predicted octanol–water partition coefficient (Wildman–Crippen LogP) is 1.32. The molecule has 0 aromatic carbocycles. The fourth-order valence-electron chi connectivity index (χ4n) is 1.33. The number of anilines is 1. The summed E-state index contributed by atoms with van der Waals surface area (Å²) in [6.07, 6.45) is 2.27. The monoisotopic (exact) mass is 252 g/mol. The first-order valence-electron chi connectivity index (χ1n) is 5.70. The number of carbonyl (C=O) groups is 1. The quantitative estimate of drug-likeness (QED) is 0.587. The fourth-order valence-corrected chi connectivity index (χ4v) is 1.33. The van der Waals surface area contributed by atoms with Gasteiger partial charge in [0.15, 0.2) is 0 Å². The van der Waals surface area contributed by atoms with Crippen LogP contribution in [-0.2, 0) is 4.79 Å². The number of rotatable bonds is 6. The van der Waals surface area contributed by atoms with E-state index in [-0.39, 0.29) is 17.4 Å². The number of nitrogens with one attached hydrogen (secondary N) is 2. The van der Waals surface area contributed by atoms with Gasteiger partial charge in [-0.15, -0.1) is 0 Å². The molecule has 0 bridgehead atoms. The maximum Gasteiger partial charge on any atom is 0.311 e. The molecule has 0 spiro atoms. The first-order valence-corrected chi connectivity index (χ1v) is 5.70. The van der Waals surface area contributed by atoms with E-state index in [0.717, 1.165) is 6.42 Å². The zero-order valence-corrected chi connectivity index (χ0v) is 10.3. The largest absolute Gasteiger partial charge is 0.354 e. The van der Waals surface area contributed by atoms with E-state index in [1.165, 1.54) is 18.3 Å². The summed E-state index contributed by atoms with van der Waals surface area (Å²) in [5.74, 6) is -0.113. The van der Waals surface area contributed by atoms with Gasteiger partial charge >= 0.3 is 5.69 Å². The Balaban J connectivity index is 2.72. The van der Waals surface area contributed by atoms with Crippen molar-refractivity contribution in [1.29, 1.82) is 0 Å². The van der Waals surface area contributed by atoms with Crippen LogP contribution in [0.2, 0.25) is 0 Å². The second-order valence-corrected chi connectivity index (χ2v) is 3.79. The summed E-state index contributed by atoms with van der Waals surface area (Å²) in [7, 11) is 0. The van der Waals surface area contributed by atoms with Crippen LogP contribution in [0, 0.1) is 10.1 Å². The summed E-state index contributed by atoms with van der Waals surface area (Å²) in [5, 5.41) is 16.2. The van der Waals surface area contributed by atoms with E-state index in [2.05, 4.69) is 15.6 Å². The molecule has 1 unspecified atom stereocenters. The molecule has 1 atom stereocenters. The molecule has 0 fully saturated rings. The third kappa shape index (κ3) is 3.69. The Morgan fingerprint density at radius 3 is 2.94 bits per heavy atom. The van der Waals surface area contributed by atoms with Gasteiger partial charge in [-0.2, -0.15) is 0 Å². The smallest absolute Gasteiger partial charge is 0.311 e. The molecule has 7 nitrogen and oxygen atoms in total. The summed E-state index contributed by atoms with van der Waals surface area (Å²) in [4.78, 5) is 25.7. The maximum atomic E-state index is 11.6. The van der Waals surface area contributed by atoms with E-state index in [1.807, 2.05) is 6.92 Å². The van der Waals surface area contributed by atoms with Gasteiger partial charge < -0.3 is 10.6 Å². The molecule has 1 aromatic heterocycles. The molecule has 0 aliphatic rings. The van der Waals surface area contributed by atoms with Crippen molar-refractivity contribution in [3.05, 3.63) is 28.4 Å². The summed E-state index contributed by atoms with van der Waals surface area (Å²) in [6, 6.07) is 2.24. The first kappa shape index (κ1) is 13.9. The summed E-state index contributed by atoms with van der Waals surface area (Å²) < 4.78 is 0. The minimum atomic E-state index is -0.579. The number of nitro groups is 1. The Kier molecular flexibility index (Phi) is 5.04. The number of carbonyl (C=O) groups excluding carboxylic acids is 1. The third-order valence-corrected chi connectivity index (χ3v) is 2.28. The van der Waals surface area contributed by atoms with Crippen LogP contribution in [0.4, 0.5) is 11.5 Å². The van der Waals surface area contributed by atoms with E-state index in [1.54, 1.807) is 6.92 Å². The normalized spacial score (nSPS) is 11.7. The number of nitrogens with zero attached hydrogens (tertiary/aromatic N) is 2. The van der Waals surface area contributed by atoms with Crippen molar-refractivity contribution in [3.63, 3.8) is 0 Å². The average molecular weight is 252 g/mol. The number of pyridine rings is 1. The van der Waals surface area contributed by atoms with Gasteiger partial charge in [-0.1, -0.05) is 6.92 Å². The van der Waals surface area contributed by atoms with Gasteiger partial charge in [-0.25, -0.2) is 4.98 Å². The summed E-state index contributed by atoms with van der Waals surface area (Å²) >= 11 is 0. The van der Waals surface area contributed by atoms with Gasteiger partial charge in [0.05, 0.1) is 4.92 Å². The molecule has 1 rings (SSSR count). The number of amides is 1. The molecule has 7 heteroatoms. The topological polar surface area (TPSA) is 97.2 Å². The van der Waals surface area contributed by atoms with Gasteiger partial charge in [-0.3, -0.25) is 14.9 Å². The molecule has 0 aliphatic heterocycles. The molecule has 98 valence electrons. The van der Waals surface area contributed by atoms with Gasteiger partial charge in [0, 0.05) is 18.8 Å². The molecule has 0 aliphatic carbocycles. The van der Waals surface area contributed by atoms with Crippen LogP contribution in [0.3, 0.4) is 0 Å². The van der Waals surface area contributed by atoms with Gasteiger partial charge in [0.25, 0.3) is 0 Å². The van der Waals surface area contributed by atoms with Crippen molar-refractivity contribution >= 4 is 17.4 Å². The first-order chi connectivity index (χ1) is 8.56. The van der Waals surface area contributed by atoms with E-state index in [4.69, 9.17) is 0 Å². The summed E-state index contributed by atoms with van der Waals surface area (Å²) in [6.45, 7) is 4.15. The Morgan fingerprint density at radius 2 is 2.33 bits per heavy atom. The predicted molar refractivity (Wildman–Crippen MR) is 67.3 cm³/mol. The highest BCUT2D eigenvalue weighted by Crippen LogP contribution is 2.20. The Bertz CT molecular complexity index is 436. The van der Waals surface area contributed by atoms with Crippen molar-refractivity contribution in [2.75, 3.05) is 11.9 Å². The van der Waals surface area contributed by atoms with E-state index < -0.39 is 11.0 Å². The lowest BCUT2D eigenvalue weighted by atomic mass is 10.3. The van der Waals surface area contributed by atoms with Crippen molar-refractivity contribution in [2.24, 2.45) is 0 Å². The maximum absolute atomic E-state index is 11.6.